The maximum Gasteiger partial charge on any atom is 0.223 e. The Morgan fingerprint density at radius 1 is 1.24 bits per heavy atom. The number of benzene rings is 1. The monoisotopic (exact) mass is 350 g/mol. The highest BCUT2D eigenvalue weighted by molar-refractivity contribution is 6.42. The predicted molar refractivity (Wildman–Crippen MR) is 90.7 cm³/mol. The van der Waals surface area contributed by atoms with E-state index in [2.05, 4.69) is 17.6 Å². The van der Waals surface area contributed by atoms with Gasteiger partial charge in [0.25, 0.3) is 0 Å². The highest BCUT2D eigenvalue weighted by Crippen LogP contribution is 2.48. The smallest absolute Gasteiger partial charge is 0.223 e. The van der Waals surface area contributed by atoms with E-state index in [0.29, 0.717) is 16.6 Å². The molecule has 3 nitrogen and oxygen atoms in total. The Hall–Kier alpha value is -0.480. The van der Waals surface area contributed by atoms with E-state index in [0.717, 1.165) is 31.5 Å². The molecule has 1 saturated carbocycles. The number of hydrogen-bond acceptors (Lipinski definition) is 2. The topological polar surface area (TPSA) is 41.1 Å². The van der Waals surface area contributed by atoms with Crippen LogP contribution in [0.15, 0.2) is 18.2 Å². The molecule has 0 bridgehead atoms. The molecule has 1 aromatic carbocycles. The largest absolute Gasteiger partial charge is 0.355 e. The molecule has 1 amide bonds. The molecule has 0 aliphatic heterocycles. The van der Waals surface area contributed by atoms with Gasteiger partial charge in [-0.25, -0.2) is 0 Å². The fourth-order valence-electron chi connectivity index (χ4n) is 2.30. The normalized spacial score (nSPS) is 19.8. The zero-order valence-electron chi connectivity index (χ0n) is 12.0. The summed E-state index contributed by atoms with van der Waals surface area (Å²) in [4.78, 5) is 12.0. The second kappa shape index (κ2) is 8.84. The number of nitrogens with one attached hydrogen (secondary N) is 2. The molecule has 0 heterocycles. The molecule has 2 rings (SSSR count). The van der Waals surface area contributed by atoms with E-state index in [1.807, 2.05) is 12.1 Å². The Kier molecular flexibility index (Phi) is 7.82. The standard InChI is InChI=1S/C15H20Cl2N2O.ClH/c1-2-5-18-6-7-19-15(20)12-9-11(12)10-3-4-13(16)14(17)8-10;/h3-4,8,11-12,18H,2,5-7,9H2,1H3,(H,19,20);1H. The van der Waals surface area contributed by atoms with Crippen LogP contribution in [-0.4, -0.2) is 25.5 Å². The minimum Gasteiger partial charge on any atom is -0.355 e. The number of amides is 1. The first kappa shape index (κ1) is 18.6. The second-order valence-electron chi connectivity index (χ2n) is 5.16. The molecule has 0 spiro atoms. The molecule has 2 atom stereocenters. The molecule has 0 radical (unpaired) electrons. The van der Waals surface area contributed by atoms with Gasteiger partial charge in [-0.1, -0.05) is 36.2 Å². The lowest BCUT2D eigenvalue weighted by molar-refractivity contribution is -0.122. The SMILES string of the molecule is CCCNCCNC(=O)C1CC1c1ccc(Cl)c(Cl)c1.Cl. The molecule has 1 aliphatic rings. The number of rotatable bonds is 7. The fraction of sp³-hybridized carbons (Fsp3) is 0.533. The van der Waals surface area contributed by atoms with Crippen molar-refractivity contribution in [3.05, 3.63) is 33.8 Å². The summed E-state index contributed by atoms with van der Waals surface area (Å²) in [5.41, 5.74) is 1.10. The van der Waals surface area contributed by atoms with Gasteiger partial charge in [0.15, 0.2) is 0 Å². The van der Waals surface area contributed by atoms with E-state index < -0.39 is 0 Å². The first-order valence-electron chi connectivity index (χ1n) is 7.07. The minimum absolute atomic E-state index is 0. The molecule has 1 fully saturated rings. The average Bonchev–Trinajstić information content (AvgIpc) is 3.22. The van der Waals surface area contributed by atoms with Crippen molar-refractivity contribution < 1.29 is 4.79 Å². The number of carbonyl (C=O) groups excluding carboxylic acids is 1. The number of hydrogen-bond donors (Lipinski definition) is 2. The summed E-state index contributed by atoms with van der Waals surface area (Å²) in [6, 6.07) is 5.61. The minimum atomic E-state index is 0. The third-order valence-electron chi connectivity index (χ3n) is 3.53. The Balaban J connectivity index is 0.00000220. The third kappa shape index (κ3) is 5.33. The van der Waals surface area contributed by atoms with Crippen LogP contribution in [0.4, 0.5) is 0 Å². The summed E-state index contributed by atoms with van der Waals surface area (Å²) < 4.78 is 0. The van der Waals surface area contributed by atoms with Crippen molar-refractivity contribution in [1.82, 2.24) is 10.6 Å². The van der Waals surface area contributed by atoms with Crippen LogP contribution in [0.3, 0.4) is 0 Å². The molecular formula is C15H21Cl3N2O. The van der Waals surface area contributed by atoms with Crippen molar-refractivity contribution >= 4 is 41.5 Å². The quantitative estimate of drug-likeness (QED) is 0.736. The van der Waals surface area contributed by atoms with Crippen molar-refractivity contribution in [2.75, 3.05) is 19.6 Å². The van der Waals surface area contributed by atoms with Gasteiger partial charge in [0.2, 0.25) is 5.91 Å². The molecule has 21 heavy (non-hydrogen) atoms. The van der Waals surface area contributed by atoms with Gasteiger partial charge in [0.1, 0.15) is 0 Å². The predicted octanol–water partition coefficient (Wildman–Crippen LogP) is 3.63. The summed E-state index contributed by atoms with van der Waals surface area (Å²) in [6.07, 6.45) is 2.00. The highest BCUT2D eigenvalue weighted by atomic mass is 35.5. The molecule has 0 saturated heterocycles. The van der Waals surface area contributed by atoms with Crippen molar-refractivity contribution in [2.45, 2.75) is 25.7 Å². The van der Waals surface area contributed by atoms with Crippen LogP contribution < -0.4 is 10.6 Å². The Labute approximate surface area is 142 Å². The molecule has 118 valence electrons. The first-order valence-corrected chi connectivity index (χ1v) is 7.82. The van der Waals surface area contributed by atoms with Crippen LogP contribution >= 0.6 is 35.6 Å². The van der Waals surface area contributed by atoms with Gasteiger partial charge < -0.3 is 10.6 Å². The van der Waals surface area contributed by atoms with E-state index in [9.17, 15) is 4.79 Å². The molecule has 0 aromatic heterocycles. The summed E-state index contributed by atoms with van der Waals surface area (Å²) in [7, 11) is 0. The lowest BCUT2D eigenvalue weighted by Gasteiger charge is -2.06. The second-order valence-corrected chi connectivity index (χ2v) is 5.98. The zero-order valence-corrected chi connectivity index (χ0v) is 14.3. The van der Waals surface area contributed by atoms with Crippen LogP contribution in [0.2, 0.25) is 10.0 Å². The van der Waals surface area contributed by atoms with Gasteiger partial charge >= 0.3 is 0 Å². The lowest BCUT2D eigenvalue weighted by Crippen LogP contribution is -2.33. The molecule has 6 heteroatoms. The molecular weight excluding hydrogens is 331 g/mol. The van der Waals surface area contributed by atoms with Crippen molar-refractivity contribution in [1.29, 1.82) is 0 Å². The van der Waals surface area contributed by atoms with E-state index in [-0.39, 0.29) is 30.2 Å². The highest BCUT2D eigenvalue weighted by Gasteiger charge is 2.43. The van der Waals surface area contributed by atoms with E-state index in [4.69, 9.17) is 23.2 Å². The molecule has 1 aliphatic carbocycles. The Morgan fingerprint density at radius 2 is 2.00 bits per heavy atom. The van der Waals surface area contributed by atoms with Crippen LogP contribution in [0.1, 0.15) is 31.2 Å². The third-order valence-corrected chi connectivity index (χ3v) is 4.27. The summed E-state index contributed by atoms with van der Waals surface area (Å²) in [5, 5.41) is 7.34. The Bertz CT molecular complexity index is 482. The number of halogens is 3. The van der Waals surface area contributed by atoms with Gasteiger partial charge in [-0.3, -0.25) is 4.79 Å². The van der Waals surface area contributed by atoms with E-state index >= 15 is 0 Å². The van der Waals surface area contributed by atoms with Gasteiger partial charge in [-0.05, 0) is 43.0 Å². The van der Waals surface area contributed by atoms with Crippen LogP contribution in [0, 0.1) is 5.92 Å². The summed E-state index contributed by atoms with van der Waals surface area (Å²) >= 11 is 11.9. The van der Waals surface area contributed by atoms with Gasteiger partial charge in [-0.2, -0.15) is 0 Å². The van der Waals surface area contributed by atoms with E-state index in [1.165, 1.54) is 0 Å². The first-order chi connectivity index (χ1) is 9.63. The summed E-state index contributed by atoms with van der Waals surface area (Å²) in [5.74, 6) is 0.506. The fourth-order valence-corrected chi connectivity index (χ4v) is 2.61. The van der Waals surface area contributed by atoms with Gasteiger partial charge in [0, 0.05) is 19.0 Å². The van der Waals surface area contributed by atoms with E-state index in [1.54, 1.807) is 6.07 Å². The lowest BCUT2D eigenvalue weighted by atomic mass is 10.1. The zero-order chi connectivity index (χ0) is 14.5. The van der Waals surface area contributed by atoms with Gasteiger partial charge in [0.05, 0.1) is 10.0 Å². The van der Waals surface area contributed by atoms with Crippen molar-refractivity contribution in [3.8, 4) is 0 Å². The van der Waals surface area contributed by atoms with Crippen molar-refractivity contribution in [3.63, 3.8) is 0 Å². The molecule has 1 aromatic rings. The maximum atomic E-state index is 12.0. The Morgan fingerprint density at radius 3 is 2.67 bits per heavy atom. The molecule has 2 unspecified atom stereocenters. The van der Waals surface area contributed by atoms with Crippen LogP contribution in [0.5, 0.6) is 0 Å². The number of carbonyl (C=O) groups is 1. The van der Waals surface area contributed by atoms with Gasteiger partial charge in [-0.15, -0.1) is 12.4 Å². The van der Waals surface area contributed by atoms with Crippen LogP contribution in [0.25, 0.3) is 0 Å². The maximum absolute atomic E-state index is 12.0. The molecule has 2 N–H and O–H groups in total. The van der Waals surface area contributed by atoms with Crippen molar-refractivity contribution in [2.24, 2.45) is 5.92 Å². The average molecular weight is 352 g/mol. The van der Waals surface area contributed by atoms with Crippen LogP contribution in [-0.2, 0) is 4.79 Å². The summed E-state index contributed by atoms with van der Waals surface area (Å²) in [6.45, 7) is 4.62.